The molecule has 0 bridgehead atoms. The van der Waals surface area contributed by atoms with Gasteiger partial charge in [-0.15, -0.1) is 0 Å². The molecule has 2 aromatic carbocycles. The van der Waals surface area contributed by atoms with Crippen LogP contribution in [0.3, 0.4) is 0 Å². The lowest BCUT2D eigenvalue weighted by Gasteiger charge is -2.41. The Hall–Kier alpha value is -3.97. The number of aromatic nitrogens is 1. The molecule has 1 aliphatic rings. The summed E-state index contributed by atoms with van der Waals surface area (Å²) in [6.45, 7) is 11.2. The molecule has 0 saturated carbocycles. The van der Waals surface area contributed by atoms with Crippen molar-refractivity contribution in [3.63, 3.8) is 0 Å². The summed E-state index contributed by atoms with van der Waals surface area (Å²) >= 11 is 0. The van der Waals surface area contributed by atoms with Crippen LogP contribution in [0, 0.1) is 11.2 Å². The molecule has 192 valence electrons. The van der Waals surface area contributed by atoms with E-state index in [2.05, 4.69) is 38.6 Å². The zero-order chi connectivity index (χ0) is 26.2. The number of pyridine rings is 1. The van der Waals surface area contributed by atoms with Crippen molar-refractivity contribution in [3.8, 4) is 11.1 Å². The molecule has 6 nitrogen and oxygen atoms in total. The maximum atomic E-state index is 13.6. The molecular weight excluding hydrogens is 463 g/mol. The molecule has 0 aliphatic carbocycles. The standard InChI is InChI=1S/C30H35FN6/c1-22(26-9-10-28(13-16-32)34-20-26)36-17-14-30(15-18-36)37(21-33-3)23(2)35-29-11-7-24(8-12-29)25-5-4-6-27(31)19-25/h4-12,16,19-20,30,32-33,35H,1-2,13-15,17-18,21H2,3H3. The summed E-state index contributed by atoms with van der Waals surface area (Å²) in [7, 11) is 1.94. The third-order valence-electron chi connectivity index (χ3n) is 6.76. The number of hydrogen-bond acceptors (Lipinski definition) is 6. The summed E-state index contributed by atoms with van der Waals surface area (Å²) in [6, 6.07) is 18.9. The van der Waals surface area contributed by atoms with Crippen LogP contribution in [-0.4, -0.2) is 53.8 Å². The van der Waals surface area contributed by atoms with Crippen LogP contribution < -0.4 is 10.6 Å². The van der Waals surface area contributed by atoms with Gasteiger partial charge in [-0.3, -0.25) is 4.98 Å². The fourth-order valence-corrected chi connectivity index (χ4v) is 4.72. The number of likely N-dealkylation sites (tertiary alicyclic amines) is 1. The first-order valence-electron chi connectivity index (χ1n) is 12.6. The van der Waals surface area contributed by atoms with Gasteiger partial charge in [-0.2, -0.15) is 0 Å². The van der Waals surface area contributed by atoms with E-state index in [0.717, 1.165) is 65.5 Å². The smallest absolute Gasteiger partial charge is 0.123 e. The summed E-state index contributed by atoms with van der Waals surface area (Å²) in [4.78, 5) is 9.06. The average Bonchev–Trinajstić information content (AvgIpc) is 2.92. The van der Waals surface area contributed by atoms with Gasteiger partial charge in [0.05, 0.1) is 12.5 Å². The Morgan fingerprint density at radius 2 is 1.86 bits per heavy atom. The summed E-state index contributed by atoms with van der Waals surface area (Å²) in [5.41, 5.74) is 5.66. The minimum Gasteiger partial charge on any atom is -0.371 e. The van der Waals surface area contributed by atoms with Gasteiger partial charge in [0.2, 0.25) is 0 Å². The molecule has 3 N–H and O–H groups in total. The van der Waals surface area contributed by atoms with Crippen LogP contribution in [0.15, 0.2) is 85.8 Å². The molecule has 0 spiro atoms. The first kappa shape index (κ1) is 26.1. The van der Waals surface area contributed by atoms with Gasteiger partial charge < -0.3 is 25.8 Å². The number of benzene rings is 2. The Balaban J connectivity index is 1.35. The van der Waals surface area contributed by atoms with Gasteiger partial charge in [0.25, 0.3) is 0 Å². The van der Waals surface area contributed by atoms with E-state index in [1.165, 1.54) is 12.3 Å². The molecule has 0 unspecified atom stereocenters. The number of hydrogen-bond donors (Lipinski definition) is 3. The molecule has 1 aromatic heterocycles. The van der Waals surface area contributed by atoms with Crippen molar-refractivity contribution in [2.75, 3.05) is 32.1 Å². The molecule has 37 heavy (non-hydrogen) atoms. The van der Waals surface area contributed by atoms with Crippen molar-refractivity contribution in [2.45, 2.75) is 25.3 Å². The van der Waals surface area contributed by atoms with Gasteiger partial charge in [0.1, 0.15) is 5.82 Å². The lowest BCUT2D eigenvalue weighted by atomic mass is 10.0. The Morgan fingerprint density at radius 1 is 1.11 bits per heavy atom. The van der Waals surface area contributed by atoms with Crippen LogP contribution in [0.1, 0.15) is 24.1 Å². The van der Waals surface area contributed by atoms with Crippen molar-refractivity contribution < 1.29 is 4.39 Å². The van der Waals surface area contributed by atoms with Crippen molar-refractivity contribution >= 4 is 17.6 Å². The van der Waals surface area contributed by atoms with E-state index in [4.69, 9.17) is 5.41 Å². The normalized spacial score (nSPS) is 13.7. The van der Waals surface area contributed by atoms with E-state index in [1.54, 1.807) is 12.1 Å². The maximum Gasteiger partial charge on any atom is 0.123 e. The van der Waals surface area contributed by atoms with E-state index in [1.807, 2.05) is 55.7 Å². The molecule has 0 radical (unpaired) electrons. The Kier molecular flexibility index (Phi) is 8.69. The van der Waals surface area contributed by atoms with Gasteiger partial charge in [0.15, 0.2) is 0 Å². The molecule has 1 saturated heterocycles. The third kappa shape index (κ3) is 6.62. The number of piperidine rings is 1. The minimum absolute atomic E-state index is 0.237. The molecule has 0 atom stereocenters. The highest BCUT2D eigenvalue weighted by atomic mass is 19.1. The number of nitrogens with one attached hydrogen (secondary N) is 3. The first-order chi connectivity index (χ1) is 18.0. The zero-order valence-corrected chi connectivity index (χ0v) is 21.4. The van der Waals surface area contributed by atoms with Crippen molar-refractivity contribution in [2.24, 2.45) is 0 Å². The molecule has 4 rings (SSSR count). The SMILES string of the molecule is C=C(c1ccc(CC=N)nc1)N1CCC(N(CNC)C(=C)Nc2ccc(-c3cccc(F)c3)cc2)CC1. The molecular formula is C30H35FN6. The van der Waals surface area contributed by atoms with Crippen LogP contribution in [-0.2, 0) is 6.42 Å². The topological polar surface area (TPSA) is 67.3 Å². The Bertz CT molecular complexity index is 1210. The second-order valence-corrected chi connectivity index (χ2v) is 9.25. The van der Waals surface area contributed by atoms with Gasteiger partial charge >= 0.3 is 0 Å². The van der Waals surface area contributed by atoms with E-state index >= 15 is 0 Å². The highest BCUT2D eigenvalue weighted by Crippen LogP contribution is 2.27. The highest BCUT2D eigenvalue weighted by Gasteiger charge is 2.26. The second kappa shape index (κ2) is 12.3. The maximum absolute atomic E-state index is 13.6. The lowest BCUT2D eigenvalue weighted by molar-refractivity contribution is 0.162. The Morgan fingerprint density at radius 3 is 2.49 bits per heavy atom. The summed E-state index contributed by atoms with van der Waals surface area (Å²) in [5.74, 6) is 0.607. The van der Waals surface area contributed by atoms with Crippen LogP contribution >= 0.6 is 0 Å². The molecule has 1 aliphatic heterocycles. The summed E-state index contributed by atoms with van der Waals surface area (Å²) < 4.78 is 13.6. The van der Waals surface area contributed by atoms with Gasteiger partial charge in [0, 0.05) is 60.6 Å². The number of anilines is 1. The summed E-state index contributed by atoms with van der Waals surface area (Å²) in [6.07, 6.45) is 5.74. The quantitative estimate of drug-likeness (QED) is 0.238. The summed E-state index contributed by atoms with van der Waals surface area (Å²) in [5, 5.41) is 14.0. The second-order valence-electron chi connectivity index (χ2n) is 9.25. The van der Waals surface area contributed by atoms with Gasteiger partial charge in [-0.1, -0.05) is 37.4 Å². The molecule has 1 fully saturated rings. The highest BCUT2D eigenvalue weighted by molar-refractivity contribution is 5.66. The fourth-order valence-electron chi connectivity index (χ4n) is 4.72. The Labute approximate surface area is 219 Å². The largest absolute Gasteiger partial charge is 0.371 e. The lowest BCUT2D eigenvalue weighted by Crippen LogP contribution is -2.47. The third-order valence-corrected chi connectivity index (χ3v) is 6.76. The average molecular weight is 499 g/mol. The number of halogens is 1. The first-order valence-corrected chi connectivity index (χ1v) is 12.6. The monoisotopic (exact) mass is 498 g/mol. The van der Waals surface area contributed by atoms with Gasteiger partial charge in [-0.25, -0.2) is 4.39 Å². The van der Waals surface area contributed by atoms with Crippen LogP contribution in [0.5, 0.6) is 0 Å². The molecule has 7 heteroatoms. The molecule has 0 amide bonds. The number of rotatable bonds is 11. The zero-order valence-electron chi connectivity index (χ0n) is 21.4. The predicted molar refractivity (Wildman–Crippen MR) is 151 cm³/mol. The van der Waals surface area contributed by atoms with Crippen LogP contribution in [0.4, 0.5) is 10.1 Å². The van der Waals surface area contributed by atoms with Crippen LogP contribution in [0.25, 0.3) is 16.8 Å². The van der Waals surface area contributed by atoms with Gasteiger partial charge in [-0.05, 0) is 67.4 Å². The van der Waals surface area contributed by atoms with Crippen molar-refractivity contribution in [1.82, 2.24) is 20.1 Å². The van der Waals surface area contributed by atoms with Crippen molar-refractivity contribution in [1.29, 1.82) is 5.41 Å². The minimum atomic E-state index is -0.237. The van der Waals surface area contributed by atoms with Crippen molar-refractivity contribution in [3.05, 3.63) is 103 Å². The molecule has 2 heterocycles. The number of nitrogens with zero attached hydrogens (tertiary/aromatic N) is 3. The fraction of sp³-hybridized carbons (Fsp3) is 0.267. The van der Waals surface area contributed by atoms with E-state index in [-0.39, 0.29) is 5.82 Å². The van der Waals surface area contributed by atoms with Crippen LogP contribution in [0.2, 0.25) is 0 Å². The van der Waals surface area contributed by atoms with E-state index in [0.29, 0.717) is 19.1 Å². The predicted octanol–water partition coefficient (Wildman–Crippen LogP) is 5.58. The van der Waals surface area contributed by atoms with E-state index in [9.17, 15) is 4.39 Å². The van der Waals surface area contributed by atoms with E-state index < -0.39 is 0 Å². The molecule has 3 aromatic rings.